The summed E-state index contributed by atoms with van der Waals surface area (Å²) in [6.07, 6.45) is 6.47. The summed E-state index contributed by atoms with van der Waals surface area (Å²) in [5, 5.41) is 10.5. The topological polar surface area (TPSA) is 87.0 Å². The van der Waals surface area contributed by atoms with E-state index in [2.05, 4.69) is 22.1 Å². The number of nitrogens with zero attached hydrogens (tertiary/aromatic N) is 2. The highest BCUT2D eigenvalue weighted by molar-refractivity contribution is 6.02. The van der Waals surface area contributed by atoms with Gasteiger partial charge in [-0.3, -0.25) is 9.89 Å². The Hall–Kier alpha value is -3.19. The maximum atomic E-state index is 13.3. The molecular formula is C20H22FN5O. The normalized spacial score (nSPS) is 15.3. The van der Waals surface area contributed by atoms with E-state index < -0.39 is 0 Å². The second-order valence-corrected chi connectivity index (χ2v) is 6.09. The fourth-order valence-corrected chi connectivity index (χ4v) is 3.07. The average molecular weight is 367 g/mol. The van der Waals surface area contributed by atoms with Crippen molar-refractivity contribution < 1.29 is 9.18 Å². The largest absolute Gasteiger partial charge is 0.405 e. The number of H-pyrrole nitrogens is 1. The van der Waals surface area contributed by atoms with Crippen molar-refractivity contribution in [3.63, 3.8) is 0 Å². The molecular weight excluding hydrogens is 345 g/mol. The molecule has 0 saturated carbocycles. The van der Waals surface area contributed by atoms with Crippen LogP contribution in [0.4, 0.5) is 4.39 Å². The summed E-state index contributed by atoms with van der Waals surface area (Å²) in [5.41, 5.74) is 8.57. The fraction of sp³-hybridized carbons (Fsp3) is 0.200. The van der Waals surface area contributed by atoms with Gasteiger partial charge in [0, 0.05) is 37.3 Å². The molecule has 1 amide bonds. The molecule has 140 valence electrons. The smallest absolute Gasteiger partial charge is 0.275 e. The van der Waals surface area contributed by atoms with E-state index in [1.807, 2.05) is 0 Å². The van der Waals surface area contributed by atoms with Crippen LogP contribution in [0.5, 0.6) is 0 Å². The van der Waals surface area contributed by atoms with E-state index in [0.717, 1.165) is 18.7 Å². The van der Waals surface area contributed by atoms with Crippen LogP contribution in [-0.2, 0) is 0 Å². The van der Waals surface area contributed by atoms with Gasteiger partial charge in [-0.2, -0.15) is 5.10 Å². The molecule has 1 aromatic carbocycles. The zero-order valence-corrected chi connectivity index (χ0v) is 14.9. The van der Waals surface area contributed by atoms with Crippen LogP contribution in [0.25, 0.3) is 16.8 Å². The number of aromatic nitrogens is 2. The van der Waals surface area contributed by atoms with Crippen LogP contribution in [0, 0.1) is 5.82 Å². The van der Waals surface area contributed by atoms with E-state index in [0.29, 0.717) is 35.6 Å². The maximum Gasteiger partial charge on any atom is 0.275 e. The molecule has 1 aromatic heterocycles. The van der Waals surface area contributed by atoms with E-state index in [1.165, 1.54) is 18.3 Å². The molecule has 0 unspecified atom stereocenters. The highest BCUT2D eigenvalue weighted by atomic mass is 19.1. The second-order valence-electron chi connectivity index (χ2n) is 6.09. The van der Waals surface area contributed by atoms with Crippen LogP contribution in [0.15, 0.2) is 55.3 Å². The lowest BCUT2D eigenvalue weighted by Gasteiger charge is -2.27. The quantitative estimate of drug-likeness (QED) is 0.708. The summed E-state index contributed by atoms with van der Waals surface area (Å²) >= 11 is 0. The summed E-state index contributed by atoms with van der Waals surface area (Å²) in [7, 11) is 0. The number of halogens is 1. The van der Waals surface area contributed by atoms with Crippen molar-refractivity contribution in [3.05, 3.63) is 72.3 Å². The van der Waals surface area contributed by atoms with E-state index >= 15 is 0 Å². The molecule has 1 saturated heterocycles. The zero-order chi connectivity index (χ0) is 19.2. The minimum atomic E-state index is -0.333. The van der Waals surface area contributed by atoms with Crippen molar-refractivity contribution >= 4 is 11.5 Å². The number of nitrogens with two attached hydrogens (primary N) is 1. The number of aromatic amines is 1. The first kappa shape index (κ1) is 18.6. The summed E-state index contributed by atoms with van der Waals surface area (Å²) in [6, 6.07) is 6.02. The molecule has 0 spiro atoms. The third kappa shape index (κ3) is 3.98. The summed E-state index contributed by atoms with van der Waals surface area (Å²) in [6.45, 7) is 6.46. The predicted octanol–water partition coefficient (Wildman–Crippen LogP) is 2.30. The molecule has 4 N–H and O–H groups in total. The van der Waals surface area contributed by atoms with Gasteiger partial charge in [-0.1, -0.05) is 18.7 Å². The average Bonchev–Trinajstić information content (AvgIpc) is 3.13. The van der Waals surface area contributed by atoms with Gasteiger partial charge in [0.2, 0.25) is 0 Å². The molecule has 3 rings (SSSR count). The number of carbonyl (C=O) groups is 1. The number of piperazine rings is 1. The Morgan fingerprint density at radius 1 is 1.26 bits per heavy atom. The Morgan fingerprint density at radius 3 is 2.59 bits per heavy atom. The number of hydrogen-bond donors (Lipinski definition) is 3. The Morgan fingerprint density at radius 2 is 1.96 bits per heavy atom. The van der Waals surface area contributed by atoms with Gasteiger partial charge in [0.1, 0.15) is 5.82 Å². The van der Waals surface area contributed by atoms with Gasteiger partial charge in [-0.05, 0) is 42.1 Å². The zero-order valence-electron chi connectivity index (χ0n) is 14.9. The van der Waals surface area contributed by atoms with Crippen LogP contribution in [0.2, 0.25) is 0 Å². The van der Waals surface area contributed by atoms with Crippen LogP contribution in [-0.4, -0.2) is 47.2 Å². The minimum absolute atomic E-state index is 0.156. The number of allylic oxidation sites excluding steroid dienone is 4. The van der Waals surface area contributed by atoms with Gasteiger partial charge in [-0.25, -0.2) is 4.39 Å². The van der Waals surface area contributed by atoms with E-state index in [1.54, 1.807) is 35.3 Å². The highest BCUT2D eigenvalue weighted by Crippen LogP contribution is 2.31. The van der Waals surface area contributed by atoms with Gasteiger partial charge in [-0.15, -0.1) is 0 Å². The van der Waals surface area contributed by atoms with Crippen molar-refractivity contribution in [1.29, 1.82) is 0 Å². The Labute approximate surface area is 157 Å². The van der Waals surface area contributed by atoms with Gasteiger partial charge >= 0.3 is 0 Å². The Balaban J connectivity index is 2.13. The van der Waals surface area contributed by atoms with Crippen LogP contribution >= 0.6 is 0 Å². The second kappa shape index (κ2) is 8.46. The summed E-state index contributed by atoms with van der Waals surface area (Å²) in [4.78, 5) is 14.8. The number of amides is 1. The number of benzene rings is 1. The van der Waals surface area contributed by atoms with Crippen LogP contribution < -0.4 is 11.1 Å². The first-order valence-electron chi connectivity index (χ1n) is 8.71. The van der Waals surface area contributed by atoms with Crippen LogP contribution in [0.1, 0.15) is 16.1 Å². The lowest BCUT2D eigenvalue weighted by Crippen LogP contribution is -2.46. The molecule has 1 aliphatic heterocycles. The lowest BCUT2D eigenvalue weighted by molar-refractivity contribution is 0.0729. The first-order valence-corrected chi connectivity index (χ1v) is 8.71. The molecule has 0 radical (unpaired) electrons. The SMILES string of the molecule is C=C/C=C(\C=C/N)c1c(C(=O)N2CCNCC2)n[nH]c1-c1ccc(F)cc1. The van der Waals surface area contributed by atoms with E-state index in [-0.39, 0.29) is 11.7 Å². The van der Waals surface area contributed by atoms with Gasteiger partial charge < -0.3 is 16.0 Å². The van der Waals surface area contributed by atoms with Crippen molar-refractivity contribution in [3.8, 4) is 11.3 Å². The maximum absolute atomic E-state index is 13.3. The molecule has 1 aliphatic rings. The van der Waals surface area contributed by atoms with Crippen molar-refractivity contribution in [2.45, 2.75) is 0 Å². The van der Waals surface area contributed by atoms with Gasteiger partial charge in [0.25, 0.3) is 5.91 Å². The van der Waals surface area contributed by atoms with Crippen molar-refractivity contribution in [2.75, 3.05) is 26.2 Å². The number of rotatable bonds is 5. The predicted molar refractivity (Wildman–Crippen MR) is 104 cm³/mol. The number of carbonyl (C=O) groups excluding carboxylic acids is 1. The molecule has 1 fully saturated rings. The highest BCUT2D eigenvalue weighted by Gasteiger charge is 2.27. The fourth-order valence-electron chi connectivity index (χ4n) is 3.07. The van der Waals surface area contributed by atoms with Crippen LogP contribution in [0.3, 0.4) is 0 Å². The van der Waals surface area contributed by atoms with Crippen molar-refractivity contribution in [2.24, 2.45) is 5.73 Å². The Bertz CT molecular complexity index is 876. The number of nitrogens with one attached hydrogen (secondary N) is 2. The standard InChI is InChI=1S/C20H22FN5O/c1-2-3-14(8-9-22)17-18(15-4-6-16(21)7-5-15)24-25-19(17)20(27)26-12-10-23-11-13-26/h2-9,23H,1,10-13,22H2,(H,24,25)/b9-8-,14-3+. The van der Waals surface area contributed by atoms with Crippen molar-refractivity contribution in [1.82, 2.24) is 20.4 Å². The lowest BCUT2D eigenvalue weighted by atomic mass is 9.97. The molecule has 7 heteroatoms. The third-order valence-electron chi connectivity index (χ3n) is 4.37. The first-order chi connectivity index (χ1) is 13.2. The molecule has 2 aromatic rings. The van der Waals surface area contributed by atoms with E-state index in [9.17, 15) is 9.18 Å². The minimum Gasteiger partial charge on any atom is -0.405 e. The molecule has 2 heterocycles. The monoisotopic (exact) mass is 367 g/mol. The Kier molecular flexibility index (Phi) is 5.83. The molecule has 0 atom stereocenters. The molecule has 6 nitrogen and oxygen atoms in total. The van der Waals surface area contributed by atoms with Gasteiger partial charge in [0.05, 0.1) is 5.69 Å². The summed E-state index contributed by atoms with van der Waals surface area (Å²) < 4.78 is 13.3. The third-order valence-corrected chi connectivity index (χ3v) is 4.37. The molecule has 0 bridgehead atoms. The van der Waals surface area contributed by atoms with Gasteiger partial charge in [0.15, 0.2) is 5.69 Å². The number of hydrogen-bond acceptors (Lipinski definition) is 4. The molecule has 27 heavy (non-hydrogen) atoms. The van der Waals surface area contributed by atoms with E-state index in [4.69, 9.17) is 5.73 Å². The summed E-state index contributed by atoms with van der Waals surface area (Å²) in [5.74, 6) is -0.489. The molecule has 0 aliphatic carbocycles.